The number of nitrogens with one attached hydrogen (secondary N) is 1. The molecule has 1 N–H and O–H groups in total. The van der Waals surface area contributed by atoms with Gasteiger partial charge in [0, 0.05) is 25.2 Å². The Hall–Kier alpha value is -1.22. The molecular weight excluding hydrogens is 318 g/mol. The molecule has 0 aliphatic heterocycles. The summed E-state index contributed by atoms with van der Waals surface area (Å²) in [6.07, 6.45) is 0.633. The van der Waals surface area contributed by atoms with Gasteiger partial charge in [-0.25, -0.2) is 12.7 Å². The number of nitro benzene ring substituents is 1. The molecule has 1 rings (SSSR count). The van der Waals surface area contributed by atoms with Gasteiger partial charge in [0.05, 0.1) is 14.8 Å². The Morgan fingerprint density at radius 2 is 2.05 bits per heavy atom. The van der Waals surface area contributed by atoms with E-state index in [1.807, 2.05) is 0 Å². The Kier molecular flexibility index (Phi) is 6.09. The summed E-state index contributed by atoms with van der Waals surface area (Å²) in [6.45, 7) is 2.46. The molecular formula is C12H18ClN3O4S. The molecule has 0 amide bonds. The van der Waals surface area contributed by atoms with Crippen LogP contribution in [0.5, 0.6) is 0 Å². The number of rotatable bonds is 7. The smallest absolute Gasteiger partial charge is 0.275 e. The van der Waals surface area contributed by atoms with Gasteiger partial charge in [0.2, 0.25) is 10.0 Å². The molecule has 0 saturated carbocycles. The molecule has 0 aliphatic carbocycles. The molecule has 0 radical (unpaired) electrons. The summed E-state index contributed by atoms with van der Waals surface area (Å²) in [5.74, 6) is 0. The van der Waals surface area contributed by atoms with Gasteiger partial charge >= 0.3 is 0 Å². The van der Waals surface area contributed by atoms with Crippen molar-refractivity contribution in [3.8, 4) is 0 Å². The maximum atomic E-state index is 12.4. The lowest BCUT2D eigenvalue weighted by atomic mass is 10.2. The number of hydrogen-bond acceptors (Lipinski definition) is 5. The third-order valence-corrected chi connectivity index (χ3v) is 5.32. The second kappa shape index (κ2) is 7.17. The van der Waals surface area contributed by atoms with E-state index in [0.29, 0.717) is 19.5 Å². The van der Waals surface area contributed by atoms with Gasteiger partial charge in [0.1, 0.15) is 0 Å². The fraction of sp³-hybridized carbons (Fsp3) is 0.500. The lowest BCUT2D eigenvalue weighted by Gasteiger charge is -2.17. The molecule has 0 bridgehead atoms. The van der Waals surface area contributed by atoms with E-state index in [1.54, 1.807) is 7.05 Å². The van der Waals surface area contributed by atoms with Crippen LogP contribution in [0.25, 0.3) is 0 Å². The molecule has 0 heterocycles. The van der Waals surface area contributed by atoms with Crippen LogP contribution in [-0.2, 0) is 10.0 Å². The van der Waals surface area contributed by atoms with Crippen LogP contribution in [0.1, 0.15) is 12.0 Å². The summed E-state index contributed by atoms with van der Waals surface area (Å²) in [5, 5.41) is 13.9. The molecule has 0 aliphatic rings. The van der Waals surface area contributed by atoms with Crippen molar-refractivity contribution in [1.82, 2.24) is 9.62 Å². The second-order valence-electron chi connectivity index (χ2n) is 4.59. The van der Waals surface area contributed by atoms with Crippen molar-refractivity contribution in [3.63, 3.8) is 0 Å². The van der Waals surface area contributed by atoms with Gasteiger partial charge in [-0.3, -0.25) is 10.1 Å². The van der Waals surface area contributed by atoms with E-state index >= 15 is 0 Å². The lowest BCUT2D eigenvalue weighted by Crippen LogP contribution is -2.29. The molecule has 0 atom stereocenters. The average Bonchev–Trinajstić information content (AvgIpc) is 2.41. The highest BCUT2D eigenvalue weighted by molar-refractivity contribution is 7.89. The fourth-order valence-electron chi connectivity index (χ4n) is 1.76. The van der Waals surface area contributed by atoms with E-state index < -0.39 is 14.9 Å². The van der Waals surface area contributed by atoms with Crippen molar-refractivity contribution in [3.05, 3.63) is 32.8 Å². The van der Waals surface area contributed by atoms with Crippen LogP contribution < -0.4 is 5.32 Å². The van der Waals surface area contributed by atoms with Gasteiger partial charge < -0.3 is 5.32 Å². The van der Waals surface area contributed by atoms with E-state index in [4.69, 9.17) is 11.6 Å². The third-order valence-electron chi connectivity index (χ3n) is 3.10. The molecule has 118 valence electrons. The lowest BCUT2D eigenvalue weighted by molar-refractivity contribution is -0.385. The van der Waals surface area contributed by atoms with E-state index in [1.165, 1.54) is 20.0 Å². The summed E-state index contributed by atoms with van der Waals surface area (Å²) in [5.41, 5.74) is -0.0526. The van der Waals surface area contributed by atoms with Crippen LogP contribution in [0, 0.1) is 17.0 Å². The summed E-state index contributed by atoms with van der Waals surface area (Å²) in [4.78, 5) is 10.2. The van der Waals surface area contributed by atoms with Gasteiger partial charge in [0.25, 0.3) is 5.69 Å². The van der Waals surface area contributed by atoms with E-state index in [2.05, 4.69) is 5.32 Å². The van der Waals surface area contributed by atoms with Crippen LogP contribution in [0.15, 0.2) is 17.0 Å². The Morgan fingerprint density at radius 1 is 1.43 bits per heavy atom. The minimum atomic E-state index is -3.80. The van der Waals surface area contributed by atoms with Crippen LogP contribution in [-0.4, -0.2) is 44.8 Å². The van der Waals surface area contributed by atoms with Crippen molar-refractivity contribution in [2.45, 2.75) is 18.2 Å². The highest BCUT2D eigenvalue weighted by atomic mass is 35.5. The summed E-state index contributed by atoms with van der Waals surface area (Å²) < 4.78 is 25.9. The Labute approximate surface area is 129 Å². The molecule has 0 spiro atoms. The zero-order valence-corrected chi connectivity index (χ0v) is 13.7. The second-order valence-corrected chi connectivity index (χ2v) is 7.04. The summed E-state index contributed by atoms with van der Waals surface area (Å²) in [6, 6.07) is 2.29. The molecule has 0 fully saturated rings. The van der Waals surface area contributed by atoms with E-state index in [-0.39, 0.29) is 21.2 Å². The van der Waals surface area contributed by atoms with Crippen LogP contribution >= 0.6 is 11.6 Å². The number of nitro groups is 1. The van der Waals surface area contributed by atoms with Crippen molar-refractivity contribution < 1.29 is 13.3 Å². The summed E-state index contributed by atoms with van der Waals surface area (Å²) in [7, 11) is -0.588. The highest BCUT2D eigenvalue weighted by Crippen LogP contribution is 2.30. The van der Waals surface area contributed by atoms with Gasteiger partial charge in [-0.1, -0.05) is 11.6 Å². The Morgan fingerprint density at radius 3 is 2.57 bits per heavy atom. The average molecular weight is 336 g/mol. The number of halogens is 1. The fourth-order valence-corrected chi connectivity index (χ4v) is 3.29. The molecule has 9 heteroatoms. The summed E-state index contributed by atoms with van der Waals surface area (Å²) >= 11 is 5.90. The maximum Gasteiger partial charge on any atom is 0.275 e. The molecule has 0 saturated heterocycles. The van der Waals surface area contributed by atoms with Crippen LogP contribution in [0.4, 0.5) is 5.69 Å². The predicted molar refractivity (Wildman–Crippen MR) is 81.2 cm³/mol. The van der Waals surface area contributed by atoms with Crippen molar-refractivity contribution in [2.75, 3.05) is 27.2 Å². The predicted octanol–water partition coefficient (Wildman–Crippen LogP) is 1.79. The van der Waals surface area contributed by atoms with E-state index in [0.717, 1.165) is 10.4 Å². The minimum Gasteiger partial charge on any atom is -0.320 e. The molecule has 0 unspecified atom stereocenters. The van der Waals surface area contributed by atoms with Gasteiger partial charge in [-0.15, -0.1) is 0 Å². The zero-order valence-electron chi connectivity index (χ0n) is 12.1. The molecule has 0 aromatic heterocycles. The van der Waals surface area contributed by atoms with Gasteiger partial charge in [-0.05, 0) is 33.0 Å². The standard InChI is InChI=1S/C12H18ClN3O4S/c1-9-11(13)7-10(8-12(9)16(17)18)21(19,20)15(3)6-4-5-14-2/h7-8,14H,4-6H2,1-3H3. The number of sulfonamides is 1. The quantitative estimate of drug-likeness (QED) is 0.466. The van der Waals surface area contributed by atoms with Gasteiger partial charge in [-0.2, -0.15) is 0 Å². The zero-order chi connectivity index (χ0) is 16.2. The van der Waals surface area contributed by atoms with Crippen molar-refractivity contribution in [1.29, 1.82) is 0 Å². The first-order valence-corrected chi connectivity index (χ1v) is 8.09. The molecule has 7 nitrogen and oxygen atoms in total. The first-order valence-electron chi connectivity index (χ1n) is 6.27. The van der Waals surface area contributed by atoms with Crippen LogP contribution in [0.3, 0.4) is 0 Å². The SMILES string of the molecule is CNCCCN(C)S(=O)(=O)c1cc(Cl)c(C)c([N+](=O)[O-])c1. The molecule has 21 heavy (non-hydrogen) atoms. The van der Waals surface area contributed by atoms with Gasteiger partial charge in [0.15, 0.2) is 0 Å². The first kappa shape index (κ1) is 17.8. The largest absolute Gasteiger partial charge is 0.320 e. The number of nitrogens with zero attached hydrogens (tertiary/aromatic N) is 2. The number of benzene rings is 1. The minimum absolute atomic E-state index is 0.0615. The van der Waals surface area contributed by atoms with Crippen molar-refractivity contribution >= 4 is 27.3 Å². The Bertz CT molecular complexity index is 634. The third kappa shape index (κ3) is 4.13. The maximum absolute atomic E-state index is 12.4. The molecule has 1 aromatic carbocycles. The first-order chi connectivity index (χ1) is 9.71. The van der Waals surface area contributed by atoms with E-state index in [9.17, 15) is 18.5 Å². The van der Waals surface area contributed by atoms with Crippen LogP contribution in [0.2, 0.25) is 5.02 Å². The highest BCUT2D eigenvalue weighted by Gasteiger charge is 2.25. The monoisotopic (exact) mass is 335 g/mol. The Balaban J connectivity index is 3.17. The number of hydrogen-bond donors (Lipinski definition) is 1. The molecule has 1 aromatic rings. The normalized spacial score (nSPS) is 11.9. The van der Waals surface area contributed by atoms with Crippen molar-refractivity contribution in [2.24, 2.45) is 0 Å². The topological polar surface area (TPSA) is 92.6 Å².